The zero-order chi connectivity index (χ0) is 14.7. The maximum Gasteiger partial charge on any atom is 0.254 e. The molecule has 20 heavy (non-hydrogen) atoms. The summed E-state index contributed by atoms with van der Waals surface area (Å²) in [5, 5.41) is 0. The van der Waals surface area contributed by atoms with Gasteiger partial charge in [-0.3, -0.25) is 4.79 Å². The van der Waals surface area contributed by atoms with Crippen LogP contribution in [0.3, 0.4) is 0 Å². The van der Waals surface area contributed by atoms with Crippen LogP contribution < -0.4 is 5.73 Å². The minimum atomic E-state index is 0.0924. The van der Waals surface area contributed by atoms with Crippen molar-refractivity contribution in [2.45, 2.75) is 46.0 Å². The summed E-state index contributed by atoms with van der Waals surface area (Å²) in [6.07, 6.45) is 3.49. The molecule has 0 bridgehead atoms. The van der Waals surface area contributed by atoms with Gasteiger partial charge >= 0.3 is 0 Å². The Kier molecular flexibility index (Phi) is 4.63. The zero-order valence-corrected chi connectivity index (χ0v) is 12.7. The fourth-order valence-electron chi connectivity index (χ4n) is 2.33. The molecule has 0 aromatic carbocycles. The molecule has 4 heteroatoms. The van der Waals surface area contributed by atoms with E-state index < -0.39 is 0 Å². The van der Waals surface area contributed by atoms with Gasteiger partial charge in [0, 0.05) is 24.3 Å². The molecule has 0 aliphatic heterocycles. The highest BCUT2D eigenvalue weighted by atomic mass is 16.2. The third-order valence-corrected chi connectivity index (χ3v) is 3.66. The molecule has 1 aromatic rings. The first-order valence-electron chi connectivity index (χ1n) is 7.58. The van der Waals surface area contributed by atoms with Gasteiger partial charge in [0.1, 0.15) is 5.82 Å². The molecule has 1 aromatic heterocycles. The third-order valence-electron chi connectivity index (χ3n) is 3.66. The predicted octanol–water partition coefficient (Wildman–Crippen LogP) is 3.05. The standard InChI is InChI=1S/C16H25N3O/c1-4-7-19(10-12-5-6-12)16(20)13-8-14(11(2)3)18-15(17)9-13/h8-9,11-12H,4-7,10H2,1-3H3,(H2,17,18). The molecule has 1 saturated carbocycles. The number of aromatic nitrogens is 1. The first-order valence-corrected chi connectivity index (χ1v) is 7.58. The van der Waals surface area contributed by atoms with Gasteiger partial charge in [0.25, 0.3) is 5.91 Å². The van der Waals surface area contributed by atoms with Crippen LogP contribution in [0.4, 0.5) is 5.82 Å². The van der Waals surface area contributed by atoms with Crippen molar-refractivity contribution in [2.24, 2.45) is 5.92 Å². The quantitative estimate of drug-likeness (QED) is 0.868. The van der Waals surface area contributed by atoms with Crippen LogP contribution >= 0.6 is 0 Å². The van der Waals surface area contributed by atoms with Gasteiger partial charge < -0.3 is 10.6 Å². The number of anilines is 1. The summed E-state index contributed by atoms with van der Waals surface area (Å²) in [7, 11) is 0. The predicted molar refractivity (Wildman–Crippen MR) is 81.7 cm³/mol. The molecule has 1 aliphatic carbocycles. The average Bonchev–Trinajstić information content (AvgIpc) is 3.20. The largest absolute Gasteiger partial charge is 0.384 e. The topological polar surface area (TPSA) is 59.2 Å². The van der Waals surface area contributed by atoms with E-state index in [-0.39, 0.29) is 11.8 Å². The highest BCUT2D eigenvalue weighted by Gasteiger charge is 2.27. The maximum atomic E-state index is 12.7. The van der Waals surface area contributed by atoms with E-state index >= 15 is 0 Å². The lowest BCUT2D eigenvalue weighted by Gasteiger charge is -2.22. The fourth-order valence-corrected chi connectivity index (χ4v) is 2.33. The summed E-state index contributed by atoms with van der Waals surface area (Å²) in [4.78, 5) is 18.9. The average molecular weight is 275 g/mol. The van der Waals surface area contributed by atoms with Gasteiger partial charge in [-0.15, -0.1) is 0 Å². The number of amides is 1. The summed E-state index contributed by atoms with van der Waals surface area (Å²) in [6.45, 7) is 7.92. The van der Waals surface area contributed by atoms with Crippen molar-refractivity contribution in [1.29, 1.82) is 0 Å². The van der Waals surface area contributed by atoms with Crippen molar-refractivity contribution in [3.63, 3.8) is 0 Å². The van der Waals surface area contributed by atoms with E-state index in [9.17, 15) is 4.79 Å². The van der Waals surface area contributed by atoms with E-state index in [4.69, 9.17) is 5.73 Å². The van der Waals surface area contributed by atoms with Crippen LogP contribution in [0.15, 0.2) is 12.1 Å². The number of nitrogen functional groups attached to an aromatic ring is 1. The van der Waals surface area contributed by atoms with Crippen molar-refractivity contribution in [2.75, 3.05) is 18.8 Å². The number of rotatable bonds is 6. The van der Waals surface area contributed by atoms with E-state index in [1.807, 2.05) is 11.0 Å². The number of pyridine rings is 1. The van der Waals surface area contributed by atoms with Gasteiger partial charge in [0.05, 0.1) is 0 Å². The minimum Gasteiger partial charge on any atom is -0.384 e. The molecule has 0 atom stereocenters. The van der Waals surface area contributed by atoms with Crippen molar-refractivity contribution in [3.8, 4) is 0 Å². The molecule has 1 amide bonds. The second kappa shape index (κ2) is 6.25. The lowest BCUT2D eigenvalue weighted by molar-refractivity contribution is 0.0747. The maximum absolute atomic E-state index is 12.7. The molecule has 2 rings (SSSR count). The molecule has 0 radical (unpaired) electrons. The lowest BCUT2D eigenvalue weighted by Crippen LogP contribution is -2.33. The van der Waals surface area contributed by atoms with E-state index in [0.29, 0.717) is 17.3 Å². The summed E-state index contributed by atoms with van der Waals surface area (Å²) >= 11 is 0. The summed E-state index contributed by atoms with van der Waals surface area (Å²) < 4.78 is 0. The molecule has 110 valence electrons. The third kappa shape index (κ3) is 3.71. The number of nitrogens with zero attached hydrogens (tertiary/aromatic N) is 2. The highest BCUT2D eigenvalue weighted by Crippen LogP contribution is 2.30. The lowest BCUT2D eigenvalue weighted by atomic mass is 10.1. The number of carbonyl (C=O) groups is 1. The number of nitrogens with two attached hydrogens (primary N) is 1. The van der Waals surface area contributed by atoms with Crippen LogP contribution in [0.1, 0.15) is 62.0 Å². The number of hydrogen-bond donors (Lipinski definition) is 1. The Labute approximate surface area is 121 Å². The molecule has 0 unspecified atom stereocenters. The Hall–Kier alpha value is -1.58. The summed E-state index contributed by atoms with van der Waals surface area (Å²) in [6, 6.07) is 3.59. The zero-order valence-electron chi connectivity index (χ0n) is 12.7. The van der Waals surface area contributed by atoms with Crippen LogP contribution in [0.25, 0.3) is 0 Å². The van der Waals surface area contributed by atoms with Crippen LogP contribution in [-0.2, 0) is 0 Å². The Morgan fingerprint density at radius 1 is 1.45 bits per heavy atom. The van der Waals surface area contributed by atoms with Gasteiger partial charge in [0.15, 0.2) is 0 Å². The van der Waals surface area contributed by atoms with Crippen molar-refractivity contribution >= 4 is 11.7 Å². The van der Waals surface area contributed by atoms with Gasteiger partial charge in [-0.05, 0) is 43.2 Å². The summed E-state index contributed by atoms with van der Waals surface area (Å²) in [5.41, 5.74) is 7.40. The van der Waals surface area contributed by atoms with Gasteiger partial charge in [-0.2, -0.15) is 0 Å². The Bertz CT molecular complexity index is 481. The van der Waals surface area contributed by atoms with Crippen molar-refractivity contribution in [3.05, 3.63) is 23.4 Å². The van der Waals surface area contributed by atoms with E-state index in [1.165, 1.54) is 12.8 Å². The van der Waals surface area contributed by atoms with Crippen LogP contribution in [-0.4, -0.2) is 28.9 Å². The molecular weight excluding hydrogens is 250 g/mol. The van der Waals surface area contributed by atoms with Gasteiger partial charge in [-0.25, -0.2) is 4.98 Å². The second-order valence-corrected chi connectivity index (χ2v) is 6.05. The molecule has 1 fully saturated rings. The van der Waals surface area contributed by atoms with E-state index in [1.54, 1.807) is 6.07 Å². The molecule has 0 saturated heterocycles. The Morgan fingerprint density at radius 2 is 2.15 bits per heavy atom. The Balaban J connectivity index is 2.20. The monoisotopic (exact) mass is 275 g/mol. The minimum absolute atomic E-state index is 0.0924. The van der Waals surface area contributed by atoms with Crippen LogP contribution in [0.5, 0.6) is 0 Å². The molecule has 1 heterocycles. The molecule has 0 spiro atoms. The van der Waals surface area contributed by atoms with Gasteiger partial charge in [-0.1, -0.05) is 20.8 Å². The first-order chi connectivity index (χ1) is 9.51. The second-order valence-electron chi connectivity index (χ2n) is 6.05. The molecular formula is C16H25N3O. The van der Waals surface area contributed by atoms with Crippen molar-refractivity contribution in [1.82, 2.24) is 9.88 Å². The normalized spacial score (nSPS) is 14.6. The first kappa shape index (κ1) is 14.8. The van der Waals surface area contributed by atoms with E-state index in [0.717, 1.165) is 25.2 Å². The van der Waals surface area contributed by atoms with Crippen molar-refractivity contribution < 1.29 is 4.79 Å². The fraction of sp³-hybridized carbons (Fsp3) is 0.625. The van der Waals surface area contributed by atoms with Crippen LogP contribution in [0, 0.1) is 5.92 Å². The molecule has 1 aliphatic rings. The Morgan fingerprint density at radius 3 is 2.70 bits per heavy atom. The SMILES string of the molecule is CCCN(CC1CC1)C(=O)c1cc(N)nc(C(C)C)c1. The summed E-state index contributed by atoms with van der Waals surface area (Å²) in [5.74, 6) is 1.50. The van der Waals surface area contributed by atoms with Crippen LogP contribution in [0.2, 0.25) is 0 Å². The molecule has 4 nitrogen and oxygen atoms in total. The smallest absolute Gasteiger partial charge is 0.254 e. The highest BCUT2D eigenvalue weighted by molar-refractivity contribution is 5.95. The number of hydrogen-bond acceptors (Lipinski definition) is 3. The van der Waals surface area contributed by atoms with Gasteiger partial charge in [0.2, 0.25) is 0 Å². The number of carbonyl (C=O) groups excluding carboxylic acids is 1. The molecule has 2 N–H and O–H groups in total. The van der Waals surface area contributed by atoms with E-state index in [2.05, 4.69) is 25.8 Å².